The van der Waals surface area contributed by atoms with Gasteiger partial charge < -0.3 is 10.0 Å². The lowest BCUT2D eigenvalue weighted by Gasteiger charge is -1.98. The van der Waals surface area contributed by atoms with Gasteiger partial charge in [0.25, 0.3) is 0 Å². The van der Waals surface area contributed by atoms with Crippen LogP contribution >= 0.6 is 11.3 Å². The lowest BCUT2D eigenvalue weighted by Crippen LogP contribution is -2.26. The van der Waals surface area contributed by atoms with Crippen LogP contribution in [0.25, 0.3) is 10.4 Å². The van der Waals surface area contributed by atoms with E-state index in [2.05, 4.69) is 0 Å². The Bertz CT molecular complexity index is 470. The molecule has 0 unspecified atom stereocenters. The van der Waals surface area contributed by atoms with Gasteiger partial charge in [-0.05, 0) is 12.1 Å². The second kappa shape index (κ2) is 4.14. The van der Waals surface area contributed by atoms with Crippen molar-refractivity contribution in [3.8, 4) is 10.4 Å². The minimum absolute atomic E-state index is 0.307. The highest BCUT2D eigenvalue weighted by Gasteiger charge is 2.15. The van der Waals surface area contributed by atoms with Crippen LogP contribution in [0.1, 0.15) is 0 Å². The summed E-state index contributed by atoms with van der Waals surface area (Å²) >= 11 is 1.17. The molecule has 0 aliphatic rings. The quantitative estimate of drug-likeness (QED) is 0.750. The summed E-state index contributed by atoms with van der Waals surface area (Å²) in [5.74, 6) is -0.307. The molecule has 0 aliphatic carbocycles. The Morgan fingerprint density at radius 2 is 1.80 bits per heavy atom. The standard InChI is InChI=1S/C10H8BFO2S/c12-8-4-2-1-3-7(8)9-5-6-10(15-9)11(13)14/h1-6,13-14H. The molecule has 0 aliphatic heterocycles. The molecule has 0 fully saturated rings. The normalized spacial score (nSPS) is 10.3. The van der Waals surface area contributed by atoms with Crippen molar-refractivity contribution in [2.24, 2.45) is 0 Å². The second-order valence-corrected chi connectivity index (χ2v) is 4.17. The summed E-state index contributed by atoms with van der Waals surface area (Å²) in [7, 11) is -1.49. The van der Waals surface area contributed by atoms with E-state index in [1.807, 2.05) is 0 Å². The molecule has 0 atom stereocenters. The van der Waals surface area contributed by atoms with E-state index >= 15 is 0 Å². The Hall–Kier alpha value is -1.17. The third-order valence-corrected chi connectivity index (χ3v) is 3.18. The van der Waals surface area contributed by atoms with E-state index in [1.54, 1.807) is 30.3 Å². The molecule has 0 spiro atoms. The lowest BCUT2D eigenvalue weighted by atomic mass is 9.90. The molecule has 2 rings (SSSR count). The van der Waals surface area contributed by atoms with Crippen molar-refractivity contribution >= 4 is 23.2 Å². The summed E-state index contributed by atoms with van der Waals surface area (Å²) in [6.45, 7) is 0. The van der Waals surface area contributed by atoms with Crippen LogP contribution in [-0.2, 0) is 0 Å². The van der Waals surface area contributed by atoms with Crippen LogP contribution in [0.15, 0.2) is 36.4 Å². The van der Waals surface area contributed by atoms with E-state index in [1.165, 1.54) is 17.4 Å². The Morgan fingerprint density at radius 1 is 1.07 bits per heavy atom. The largest absolute Gasteiger partial charge is 0.499 e. The molecule has 1 aromatic heterocycles. The molecule has 2 aromatic rings. The zero-order valence-corrected chi connectivity index (χ0v) is 8.54. The van der Waals surface area contributed by atoms with Crippen LogP contribution in [0, 0.1) is 5.82 Å². The van der Waals surface area contributed by atoms with Gasteiger partial charge in [-0.2, -0.15) is 0 Å². The smallest absolute Gasteiger partial charge is 0.423 e. The molecule has 0 bridgehead atoms. The number of hydrogen-bond acceptors (Lipinski definition) is 3. The number of halogens is 1. The van der Waals surface area contributed by atoms with Crippen molar-refractivity contribution in [2.75, 3.05) is 0 Å². The molecule has 0 saturated carbocycles. The zero-order valence-electron chi connectivity index (χ0n) is 7.72. The van der Waals surface area contributed by atoms with Crippen molar-refractivity contribution in [1.82, 2.24) is 0 Å². The maximum absolute atomic E-state index is 13.4. The Kier molecular flexibility index (Phi) is 2.86. The SMILES string of the molecule is OB(O)c1ccc(-c2ccccc2F)s1. The monoisotopic (exact) mass is 222 g/mol. The first-order valence-corrected chi connectivity index (χ1v) is 5.21. The summed E-state index contributed by atoms with van der Waals surface area (Å²) in [5, 5.41) is 17.9. The highest BCUT2D eigenvalue weighted by atomic mass is 32.1. The molecule has 2 nitrogen and oxygen atoms in total. The van der Waals surface area contributed by atoms with E-state index in [0.29, 0.717) is 15.2 Å². The molecule has 5 heteroatoms. The van der Waals surface area contributed by atoms with Crippen LogP contribution in [0.5, 0.6) is 0 Å². The van der Waals surface area contributed by atoms with Crippen molar-refractivity contribution in [2.45, 2.75) is 0 Å². The Morgan fingerprint density at radius 3 is 2.40 bits per heavy atom. The van der Waals surface area contributed by atoms with Gasteiger partial charge in [-0.25, -0.2) is 4.39 Å². The topological polar surface area (TPSA) is 40.5 Å². The van der Waals surface area contributed by atoms with E-state index in [9.17, 15) is 4.39 Å². The minimum Gasteiger partial charge on any atom is -0.423 e. The maximum atomic E-state index is 13.4. The molecule has 0 saturated heterocycles. The average molecular weight is 222 g/mol. The highest BCUT2D eigenvalue weighted by molar-refractivity contribution is 7.24. The fraction of sp³-hybridized carbons (Fsp3) is 0. The zero-order chi connectivity index (χ0) is 10.8. The van der Waals surface area contributed by atoms with Crippen molar-refractivity contribution in [1.29, 1.82) is 0 Å². The van der Waals surface area contributed by atoms with Crippen LogP contribution < -0.4 is 4.78 Å². The van der Waals surface area contributed by atoms with Gasteiger partial charge in [-0.3, -0.25) is 0 Å². The number of rotatable bonds is 2. The van der Waals surface area contributed by atoms with Gasteiger partial charge in [0.2, 0.25) is 0 Å². The average Bonchev–Trinajstić information content (AvgIpc) is 2.67. The number of thiophene rings is 1. The fourth-order valence-corrected chi connectivity index (χ4v) is 2.20. The van der Waals surface area contributed by atoms with Crippen molar-refractivity contribution in [3.63, 3.8) is 0 Å². The maximum Gasteiger partial charge on any atom is 0.499 e. The van der Waals surface area contributed by atoms with Gasteiger partial charge in [-0.15, -0.1) is 11.3 Å². The number of benzene rings is 1. The van der Waals surface area contributed by atoms with Crippen molar-refractivity contribution < 1.29 is 14.4 Å². The first-order chi connectivity index (χ1) is 7.18. The molecule has 2 N–H and O–H groups in total. The molecule has 0 amide bonds. The van der Waals surface area contributed by atoms with Gasteiger partial charge >= 0.3 is 7.12 Å². The summed E-state index contributed by atoms with van der Waals surface area (Å²) < 4.78 is 13.8. The van der Waals surface area contributed by atoms with Crippen molar-refractivity contribution in [3.05, 3.63) is 42.2 Å². The van der Waals surface area contributed by atoms with E-state index in [0.717, 1.165) is 0 Å². The van der Waals surface area contributed by atoms with Gasteiger partial charge in [-0.1, -0.05) is 24.3 Å². The molecular weight excluding hydrogens is 214 g/mol. The highest BCUT2D eigenvalue weighted by Crippen LogP contribution is 2.25. The molecule has 0 radical (unpaired) electrons. The Labute approximate surface area is 90.8 Å². The van der Waals surface area contributed by atoms with Gasteiger partial charge in [0.15, 0.2) is 0 Å². The first kappa shape index (κ1) is 10.4. The van der Waals surface area contributed by atoms with E-state index in [-0.39, 0.29) is 5.82 Å². The molecule has 1 aromatic carbocycles. The van der Waals surface area contributed by atoms with Gasteiger partial charge in [0.1, 0.15) is 5.82 Å². The van der Waals surface area contributed by atoms with Gasteiger partial charge in [0, 0.05) is 15.2 Å². The third kappa shape index (κ3) is 2.09. The predicted octanol–water partition coefficient (Wildman–Crippen LogP) is 1.23. The second-order valence-electron chi connectivity index (χ2n) is 3.06. The molecule has 76 valence electrons. The predicted molar refractivity (Wildman–Crippen MR) is 59.5 cm³/mol. The fourth-order valence-electron chi connectivity index (χ4n) is 1.30. The lowest BCUT2D eigenvalue weighted by molar-refractivity contribution is 0.427. The Balaban J connectivity index is 2.42. The molecular formula is C10H8BFO2S. The first-order valence-electron chi connectivity index (χ1n) is 4.39. The van der Waals surface area contributed by atoms with E-state index < -0.39 is 7.12 Å². The van der Waals surface area contributed by atoms with Crippen LogP contribution in [0.4, 0.5) is 4.39 Å². The van der Waals surface area contributed by atoms with E-state index in [4.69, 9.17) is 10.0 Å². The summed E-state index contributed by atoms with van der Waals surface area (Å²) in [4.78, 5) is 0.691. The minimum atomic E-state index is -1.49. The van der Waals surface area contributed by atoms with Crippen LogP contribution in [0.2, 0.25) is 0 Å². The van der Waals surface area contributed by atoms with Gasteiger partial charge in [0.05, 0.1) is 0 Å². The van der Waals surface area contributed by atoms with Crippen LogP contribution in [-0.4, -0.2) is 17.2 Å². The number of hydrogen-bond donors (Lipinski definition) is 2. The third-order valence-electron chi connectivity index (χ3n) is 2.02. The molecule has 1 heterocycles. The molecule has 15 heavy (non-hydrogen) atoms. The van der Waals surface area contributed by atoms with Crippen LogP contribution in [0.3, 0.4) is 0 Å². The summed E-state index contributed by atoms with van der Waals surface area (Å²) in [6.07, 6.45) is 0. The summed E-state index contributed by atoms with van der Waals surface area (Å²) in [6, 6.07) is 9.66. The summed E-state index contributed by atoms with van der Waals surface area (Å²) in [5.41, 5.74) is 0.481.